The molecule has 19 heavy (non-hydrogen) atoms. The van der Waals surface area contributed by atoms with Gasteiger partial charge < -0.3 is 10.5 Å². The number of ether oxygens (including phenoxy) is 1. The molecular weight excluding hydrogens is 264 g/mol. The number of methoxy groups -OCH3 is 1. The first-order valence-electron chi connectivity index (χ1n) is 7.19. The Kier molecular flexibility index (Phi) is 4.87. The lowest BCUT2D eigenvalue weighted by Gasteiger charge is -2.45. The van der Waals surface area contributed by atoms with Gasteiger partial charge in [-0.15, -0.1) is 0 Å². The predicted molar refractivity (Wildman–Crippen MR) is 75.2 cm³/mol. The maximum atomic E-state index is 12.2. The molecule has 2 aliphatic carbocycles. The van der Waals surface area contributed by atoms with Crippen LogP contribution in [0.1, 0.15) is 39.0 Å². The molecule has 112 valence electrons. The molecule has 0 saturated heterocycles. The Morgan fingerprint density at radius 3 is 2.42 bits per heavy atom. The number of rotatable bonds is 5. The summed E-state index contributed by atoms with van der Waals surface area (Å²) in [6.07, 6.45) is 5.01. The Bertz CT molecular complexity index is 385. The minimum absolute atomic E-state index is 0.0332. The van der Waals surface area contributed by atoms with Gasteiger partial charge in [-0.05, 0) is 44.4 Å². The molecule has 2 saturated carbocycles. The molecule has 2 bridgehead atoms. The molecule has 0 aliphatic heterocycles. The molecule has 5 nitrogen and oxygen atoms in total. The number of nitrogens with two attached hydrogens (primary N) is 1. The van der Waals surface area contributed by atoms with Crippen molar-refractivity contribution in [3.8, 4) is 0 Å². The lowest BCUT2D eigenvalue weighted by atomic mass is 9.67. The van der Waals surface area contributed by atoms with Crippen LogP contribution in [-0.4, -0.2) is 39.5 Å². The number of fused-ring (bicyclic) bond motifs is 2. The number of nitrogens with one attached hydrogen (secondary N) is 1. The van der Waals surface area contributed by atoms with Crippen molar-refractivity contribution in [2.24, 2.45) is 17.6 Å². The average molecular weight is 290 g/mol. The van der Waals surface area contributed by atoms with Gasteiger partial charge in [0.15, 0.2) is 0 Å². The zero-order valence-corrected chi connectivity index (χ0v) is 12.7. The smallest absolute Gasteiger partial charge is 0.214 e. The summed E-state index contributed by atoms with van der Waals surface area (Å²) in [7, 11) is -1.73. The van der Waals surface area contributed by atoms with E-state index in [0.717, 1.165) is 25.7 Å². The van der Waals surface area contributed by atoms with Crippen molar-refractivity contribution in [3.63, 3.8) is 0 Å². The van der Waals surface area contributed by atoms with E-state index in [2.05, 4.69) is 4.72 Å². The number of hydrogen-bond donors (Lipinski definition) is 2. The largest absolute Gasteiger partial charge is 0.381 e. The summed E-state index contributed by atoms with van der Waals surface area (Å²) >= 11 is 0. The van der Waals surface area contributed by atoms with Crippen molar-refractivity contribution >= 4 is 10.0 Å². The Hall–Kier alpha value is -0.170. The molecule has 3 N–H and O–H groups in total. The highest BCUT2D eigenvalue weighted by Gasteiger charge is 2.41. The molecule has 0 spiro atoms. The van der Waals surface area contributed by atoms with E-state index in [-0.39, 0.29) is 23.9 Å². The van der Waals surface area contributed by atoms with Crippen LogP contribution >= 0.6 is 0 Å². The van der Waals surface area contributed by atoms with Gasteiger partial charge >= 0.3 is 0 Å². The van der Waals surface area contributed by atoms with E-state index in [1.807, 2.05) is 0 Å². The highest BCUT2D eigenvalue weighted by Crippen LogP contribution is 2.39. The Morgan fingerprint density at radius 2 is 1.89 bits per heavy atom. The van der Waals surface area contributed by atoms with Crippen LogP contribution in [0.25, 0.3) is 0 Å². The molecule has 0 heterocycles. The summed E-state index contributed by atoms with van der Waals surface area (Å²) in [5.74, 6) is 0.858. The standard InChI is InChI=1S/C13H26N2O3S/c1-9(18-2)8-19(16,17)15-13-10-4-3-5-11(13)7-12(14)6-10/h9-13,15H,3-8,14H2,1-2H3. The summed E-state index contributed by atoms with van der Waals surface area (Å²) in [4.78, 5) is 0. The third-order valence-electron chi connectivity index (χ3n) is 4.55. The molecule has 2 fully saturated rings. The van der Waals surface area contributed by atoms with Gasteiger partial charge in [-0.1, -0.05) is 6.42 Å². The molecule has 3 unspecified atom stereocenters. The zero-order chi connectivity index (χ0) is 14.0. The van der Waals surface area contributed by atoms with Gasteiger partial charge in [0.1, 0.15) is 0 Å². The van der Waals surface area contributed by atoms with Gasteiger partial charge in [0, 0.05) is 19.2 Å². The van der Waals surface area contributed by atoms with Crippen molar-refractivity contribution in [1.29, 1.82) is 0 Å². The fourth-order valence-corrected chi connectivity index (χ4v) is 5.26. The van der Waals surface area contributed by atoms with Crippen LogP contribution in [0.4, 0.5) is 0 Å². The van der Waals surface area contributed by atoms with Gasteiger partial charge in [-0.2, -0.15) is 0 Å². The third-order valence-corrected chi connectivity index (χ3v) is 6.09. The van der Waals surface area contributed by atoms with E-state index in [1.54, 1.807) is 6.92 Å². The summed E-state index contributed by atoms with van der Waals surface area (Å²) < 4.78 is 32.3. The first-order chi connectivity index (χ1) is 8.91. The molecule has 2 rings (SSSR count). The van der Waals surface area contributed by atoms with E-state index in [1.165, 1.54) is 13.5 Å². The van der Waals surface area contributed by atoms with E-state index in [4.69, 9.17) is 10.5 Å². The van der Waals surface area contributed by atoms with Crippen LogP contribution in [0, 0.1) is 11.8 Å². The molecule has 6 heteroatoms. The summed E-state index contributed by atoms with van der Waals surface area (Å²) in [5.41, 5.74) is 6.06. The maximum absolute atomic E-state index is 12.2. The number of sulfonamides is 1. The van der Waals surface area contributed by atoms with Crippen molar-refractivity contribution in [2.45, 2.75) is 57.2 Å². The molecule has 0 aromatic heterocycles. The van der Waals surface area contributed by atoms with E-state index in [0.29, 0.717) is 11.8 Å². The quantitative estimate of drug-likeness (QED) is 0.786. The van der Waals surface area contributed by atoms with Crippen LogP contribution < -0.4 is 10.5 Å². The molecule has 0 amide bonds. The second-order valence-corrected chi connectivity index (χ2v) is 7.95. The molecular formula is C13H26N2O3S. The van der Waals surface area contributed by atoms with Crippen molar-refractivity contribution in [2.75, 3.05) is 12.9 Å². The Morgan fingerprint density at radius 1 is 1.32 bits per heavy atom. The third kappa shape index (κ3) is 3.90. The second kappa shape index (κ2) is 6.08. The van der Waals surface area contributed by atoms with Gasteiger partial charge in [0.2, 0.25) is 10.0 Å². The molecule has 2 aliphatic rings. The van der Waals surface area contributed by atoms with Crippen molar-refractivity contribution in [1.82, 2.24) is 4.72 Å². The highest BCUT2D eigenvalue weighted by atomic mass is 32.2. The minimum atomic E-state index is -3.27. The fraction of sp³-hybridized carbons (Fsp3) is 1.00. The lowest BCUT2D eigenvalue weighted by Crippen LogP contribution is -2.54. The van der Waals surface area contributed by atoms with Gasteiger partial charge in [0.05, 0.1) is 11.9 Å². The maximum Gasteiger partial charge on any atom is 0.214 e. The number of hydrogen-bond acceptors (Lipinski definition) is 4. The van der Waals surface area contributed by atoms with Crippen LogP contribution in [0.2, 0.25) is 0 Å². The van der Waals surface area contributed by atoms with E-state index >= 15 is 0 Å². The monoisotopic (exact) mass is 290 g/mol. The van der Waals surface area contributed by atoms with Crippen molar-refractivity contribution < 1.29 is 13.2 Å². The Balaban J connectivity index is 2.02. The van der Waals surface area contributed by atoms with Gasteiger partial charge in [0.25, 0.3) is 0 Å². The molecule has 0 aromatic carbocycles. The van der Waals surface area contributed by atoms with Crippen LogP contribution in [0.5, 0.6) is 0 Å². The van der Waals surface area contributed by atoms with Crippen LogP contribution in [-0.2, 0) is 14.8 Å². The first kappa shape index (κ1) is 15.2. The summed E-state index contributed by atoms with van der Waals surface area (Å²) in [5, 5.41) is 0. The topological polar surface area (TPSA) is 81.4 Å². The highest BCUT2D eigenvalue weighted by molar-refractivity contribution is 7.89. The van der Waals surface area contributed by atoms with Crippen molar-refractivity contribution in [3.05, 3.63) is 0 Å². The van der Waals surface area contributed by atoms with Gasteiger partial charge in [-0.25, -0.2) is 13.1 Å². The van der Waals surface area contributed by atoms with E-state index < -0.39 is 10.0 Å². The normalized spacial score (nSPS) is 37.0. The lowest BCUT2D eigenvalue weighted by molar-refractivity contribution is 0.122. The Labute approximate surface area is 116 Å². The zero-order valence-electron chi connectivity index (χ0n) is 11.8. The average Bonchev–Trinajstić information content (AvgIpc) is 2.29. The fourth-order valence-electron chi connectivity index (χ4n) is 3.61. The molecule has 3 atom stereocenters. The van der Waals surface area contributed by atoms with E-state index in [9.17, 15) is 8.42 Å². The molecule has 0 radical (unpaired) electrons. The predicted octanol–water partition coefficient (Wildman–Crippen LogP) is 0.847. The first-order valence-corrected chi connectivity index (χ1v) is 8.85. The van der Waals surface area contributed by atoms with Gasteiger partial charge in [-0.3, -0.25) is 0 Å². The summed E-state index contributed by atoms with van der Waals surface area (Å²) in [6.45, 7) is 1.77. The van der Waals surface area contributed by atoms with Crippen LogP contribution in [0.15, 0.2) is 0 Å². The molecule has 0 aromatic rings. The second-order valence-electron chi connectivity index (χ2n) is 6.15. The summed E-state index contributed by atoms with van der Waals surface area (Å²) in [6, 6.07) is 0.330. The SMILES string of the molecule is COC(C)CS(=O)(=O)NC1C2CCCC1CC(N)C2. The van der Waals surface area contributed by atoms with Crippen LogP contribution in [0.3, 0.4) is 0 Å². The minimum Gasteiger partial charge on any atom is -0.381 e.